The third kappa shape index (κ3) is 5.75. The standard InChI is InChI=1S/C26H46/c1-4-6-21-7-11-23(12-8-21)25-15-17-26(18-16-25)24-13-9-22(10-14-24)19-20(3)5-2/h20,22-24,26H,4-19H2,1-3H3. The van der Waals surface area contributed by atoms with Gasteiger partial charge in [-0.15, -0.1) is 0 Å². The van der Waals surface area contributed by atoms with Crippen LogP contribution in [-0.2, 0) is 0 Å². The number of hydrogen-bond donors (Lipinski definition) is 0. The average Bonchev–Trinajstić information content (AvgIpc) is 2.69. The van der Waals surface area contributed by atoms with Crippen molar-refractivity contribution in [2.24, 2.45) is 29.6 Å². The summed E-state index contributed by atoms with van der Waals surface area (Å²) in [6.45, 7) is 7.16. The van der Waals surface area contributed by atoms with Crippen molar-refractivity contribution in [2.45, 2.75) is 124 Å². The van der Waals surface area contributed by atoms with Crippen LogP contribution in [0, 0.1) is 41.4 Å². The van der Waals surface area contributed by atoms with Gasteiger partial charge >= 0.3 is 0 Å². The Bertz CT molecular complexity index is 361. The van der Waals surface area contributed by atoms with Gasteiger partial charge in [-0.2, -0.15) is 0 Å². The van der Waals surface area contributed by atoms with Crippen LogP contribution in [-0.4, -0.2) is 0 Å². The lowest BCUT2D eigenvalue weighted by molar-refractivity contribution is 0.152. The first-order valence-corrected chi connectivity index (χ1v) is 12.4. The van der Waals surface area contributed by atoms with Gasteiger partial charge < -0.3 is 0 Å². The highest BCUT2D eigenvalue weighted by atomic mass is 14.4. The van der Waals surface area contributed by atoms with Crippen molar-refractivity contribution in [3.8, 4) is 0 Å². The van der Waals surface area contributed by atoms with Crippen molar-refractivity contribution in [3.63, 3.8) is 0 Å². The molecule has 0 heteroatoms. The van der Waals surface area contributed by atoms with Crippen LogP contribution in [0.3, 0.4) is 0 Å². The molecule has 0 bridgehead atoms. The Morgan fingerprint density at radius 2 is 1.38 bits per heavy atom. The minimum absolute atomic E-state index is 0.953. The van der Waals surface area contributed by atoms with E-state index in [4.69, 9.17) is 0 Å². The fraction of sp³-hybridized carbons (Fsp3) is 0.923. The lowest BCUT2D eigenvalue weighted by atomic mass is 9.64. The molecule has 3 saturated carbocycles. The molecule has 1 atom stereocenters. The zero-order valence-electron chi connectivity index (χ0n) is 18.2. The van der Waals surface area contributed by atoms with Crippen LogP contribution in [0.25, 0.3) is 0 Å². The van der Waals surface area contributed by atoms with Crippen molar-refractivity contribution in [1.82, 2.24) is 0 Å². The molecule has 3 aliphatic carbocycles. The highest BCUT2D eigenvalue weighted by molar-refractivity contribution is 5.06. The molecule has 0 aromatic heterocycles. The highest BCUT2D eigenvalue weighted by Crippen LogP contribution is 2.47. The maximum Gasteiger partial charge on any atom is -0.0210 e. The molecule has 2 radical (unpaired) electrons. The fourth-order valence-electron chi connectivity index (χ4n) is 6.56. The molecule has 0 amide bonds. The Morgan fingerprint density at radius 3 is 1.96 bits per heavy atom. The third-order valence-electron chi connectivity index (χ3n) is 8.54. The molecule has 3 aliphatic rings. The van der Waals surface area contributed by atoms with Crippen LogP contribution in [0.2, 0.25) is 0 Å². The van der Waals surface area contributed by atoms with Crippen molar-refractivity contribution in [3.05, 3.63) is 11.8 Å². The molecule has 150 valence electrons. The van der Waals surface area contributed by atoms with Crippen molar-refractivity contribution in [1.29, 1.82) is 0 Å². The van der Waals surface area contributed by atoms with Gasteiger partial charge in [0.05, 0.1) is 0 Å². The van der Waals surface area contributed by atoms with Crippen LogP contribution in [0.15, 0.2) is 0 Å². The summed E-state index contributed by atoms with van der Waals surface area (Å²) in [5.74, 6) is 9.05. The zero-order chi connectivity index (χ0) is 18.4. The molecule has 0 N–H and O–H groups in total. The monoisotopic (exact) mass is 358 g/mol. The van der Waals surface area contributed by atoms with Gasteiger partial charge in [-0.25, -0.2) is 0 Å². The van der Waals surface area contributed by atoms with Gasteiger partial charge in [-0.1, -0.05) is 46.5 Å². The molecular formula is C26H46. The molecule has 0 aromatic carbocycles. The second kappa shape index (κ2) is 10.5. The van der Waals surface area contributed by atoms with Crippen LogP contribution in [0.5, 0.6) is 0 Å². The lowest BCUT2D eigenvalue weighted by Gasteiger charge is -2.41. The van der Waals surface area contributed by atoms with Crippen LogP contribution in [0.1, 0.15) is 124 Å². The largest absolute Gasteiger partial charge is 0.0654 e. The van der Waals surface area contributed by atoms with E-state index >= 15 is 0 Å². The summed E-state index contributed by atoms with van der Waals surface area (Å²) < 4.78 is 0. The van der Waals surface area contributed by atoms with Crippen LogP contribution in [0.4, 0.5) is 0 Å². The van der Waals surface area contributed by atoms with E-state index in [9.17, 15) is 0 Å². The Balaban J connectivity index is 1.34. The molecule has 3 rings (SSSR count). The van der Waals surface area contributed by atoms with Gasteiger partial charge in [0.1, 0.15) is 0 Å². The lowest BCUT2D eigenvalue weighted by Crippen LogP contribution is -2.28. The fourth-order valence-corrected chi connectivity index (χ4v) is 6.56. The molecule has 26 heavy (non-hydrogen) atoms. The van der Waals surface area contributed by atoms with Gasteiger partial charge in [0.15, 0.2) is 0 Å². The van der Waals surface area contributed by atoms with Gasteiger partial charge in [0.25, 0.3) is 0 Å². The Kier molecular flexibility index (Phi) is 8.39. The van der Waals surface area contributed by atoms with E-state index < -0.39 is 0 Å². The van der Waals surface area contributed by atoms with E-state index in [-0.39, 0.29) is 0 Å². The van der Waals surface area contributed by atoms with Crippen molar-refractivity contribution >= 4 is 0 Å². The molecule has 0 spiro atoms. The molecule has 0 aliphatic heterocycles. The third-order valence-corrected chi connectivity index (χ3v) is 8.54. The first-order valence-electron chi connectivity index (χ1n) is 12.4. The van der Waals surface area contributed by atoms with E-state index in [1.165, 1.54) is 77.0 Å². The number of hydrogen-bond acceptors (Lipinski definition) is 0. The molecule has 1 unspecified atom stereocenters. The quantitative estimate of drug-likeness (QED) is 0.427. The normalized spacial score (nSPS) is 32.0. The molecule has 0 nitrogen and oxygen atoms in total. The van der Waals surface area contributed by atoms with Gasteiger partial charge in [0, 0.05) is 0 Å². The Labute approximate surface area is 165 Å². The summed E-state index contributed by atoms with van der Waals surface area (Å²) in [5, 5.41) is 0. The summed E-state index contributed by atoms with van der Waals surface area (Å²) in [4.78, 5) is 0. The van der Waals surface area contributed by atoms with Gasteiger partial charge in [0.2, 0.25) is 0 Å². The second-order valence-electron chi connectivity index (χ2n) is 10.3. The molecular weight excluding hydrogens is 312 g/mol. The van der Waals surface area contributed by atoms with Crippen LogP contribution < -0.4 is 0 Å². The average molecular weight is 359 g/mol. The molecule has 0 saturated heterocycles. The summed E-state index contributed by atoms with van der Waals surface area (Å²) in [5.41, 5.74) is 0. The predicted octanol–water partition coefficient (Wildman–Crippen LogP) is 8.56. The van der Waals surface area contributed by atoms with E-state index in [0.717, 1.165) is 29.6 Å². The maximum atomic E-state index is 2.46. The van der Waals surface area contributed by atoms with E-state index in [0.29, 0.717) is 0 Å². The Hall–Kier alpha value is 0. The maximum absolute atomic E-state index is 2.46. The molecule has 0 aromatic rings. The minimum Gasteiger partial charge on any atom is -0.0654 e. The first kappa shape index (κ1) is 20.7. The summed E-state index contributed by atoms with van der Waals surface area (Å²) in [7, 11) is 0. The van der Waals surface area contributed by atoms with Crippen molar-refractivity contribution < 1.29 is 0 Å². The number of rotatable bonds is 7. The summed E-state index contributed by atoms with van der Waals surface area (Å²) in [6.07, 6.45) is 23.8. The highest BCUT2D eigenvalue weighted by Gasteiger charge is 2.35. The summed E-state index contributed by atoms with van der Waals surface area (Å²) >= 11 is 0. The SMILES string of the molecule is CCC[C]1CCC([C]2CCC(C3CCC(CC(C)CC)CC3)CC2)CC1. The van der Waals surface area contributed by atoms with Gasteiger partial charge in [-0.3, -0.25) is 0 Å². The predicted molar refractivity (Wildman–Crippen MR) is 115 cm³/mol. The molecule has 3 fully saturated rings. The summed E-state index contributed by atoms with van der Waals surface area (Å²) in [6, 6.07) is 0. The van der Waals surface area contributed by atoms with E-state index in [1.54, 1.807) is 25.7 Å². The second-order valence-corrected chi connectivity index (χ2v) is 10.3. The topological polar surface area (TPSA) is 0 Å². The van der Waals surface area contributed by atoms with Crippen molar-refractivity contribution in [2.75, 3.05) is 0 Å². The first-order chi connectivity index (χ1) is 12.7. The van der Waals surface area contributed by atoms with Gasteiger partial charge in [-0.05, 0) is 118 Å². The minimum atomic E-state index is 0.953. The zero-order valence-corrected chi connectivity index (χ0v) is 18.2. The van der Waals surface area contributed by atoms with E-state index in [2.05, 4.69) is 20.8 Å². The van der Waals surface area contributed by atoms with E-state index in [1.807, 2.05) is 11.8 Å². The smallest absolute Gasteiger partial charge is 0.0210 e. The Morgan fingerprint density at radius 1 is 0.769 bits per heavy atom. The molecule has 0 heterocycles. The van der Waals surface area contributed by atoms with Crippen LogP contribution >= 0.6 is 0 Å².